The summed E-state index contributed by atoms with van der Waals surface area (Å²) in [6, 6.07) is 4.63. The fourth-order valence-corrected chi connectivity index (χ4v) is 3.61. The fraction of sp³-hybridized carbons (Fsp3) is 0.409. The first kappa shape index (κ1) is 21.9. The monoisotopic (exact) mass is 433 g/mol. The van der Waals surface area contributed by atoms with Gasteiger partial charge in [-0.25, -0.2) is 4.79 Å². The number of esters is 2. The van der Waals surface area contributed by atoms with E-state index in [2.05, 4.69) is 5.32 Å². The Morgan fingerprint density at radius 3 is 2.43 bits per heavy atom. The van der Waals surface area contributed by atoms with Gasteiger partial charge in [0.1, 0.15) is 17.1 Å². The Kier molecular flexibility index (Phi) is 5.94. The number of hydrogen-bond acceptors (Lipinski definition) is 7. The van der Waals surface area contributed by atoms with Crippen LogP contribution in [-0.2, 0) is 19.1 Å². The molecular formula is C22H24ClNO6. The largest absolute Gasteiger partial charge is 0.465 e. The third-order valence-electron chi connectivity index (χ3n) is 4.47. The molecule has 1 aliphatic rings. The van der Waals surface area contributed by atoms with E-state index in [1.807, 2.05) is 20.8 Å². The van der Waals surface area contributed by atoms with Crippen LogP contribution in [0, 0.1) is 5.92 Å². The van der Waals surface area contributed by atoms with E-state index < -0.39 is 28.8 Å². The lowest BCUT2D eigenvalue weighted by atomic mass is 9.97. The number of rotatable bonds is 5. The third-order valence-corrected chi connectivity index (χ3v) is 4.71. The lowest BCUT2D eigenvalue weighted by Gasteiger charge is -2.26. The highest BCUT2D eigenvalue weighted by molar-refractivity contribution is 6.31. The van der Waals surface area contributed by atoms with Crippen molar-refractivity contribution in [1.29, 1.82) is 0 Å². The van der Waals surface area contributed by atoms with Crippen LogP contribution in [0.25, 0.3) is 22.2 Å². The van der Waals surface area contributed by atoms with E-state index in [9.17, 15) is 14.4 Å². The molecule has 3 rings (SSSR count). The number of carbonyl (C=O) groups excluding carboxylic acids is 2. The van der Waals surface area contributed by atoms with E-state index in [1.54, 1.807) is 26.0 Å². The van der Waals surface area contributed by atoms with Crippen LogP contribution in [-0.4, -0.2) is 30.7 Å². The van der Waals surface area contributed by atoms with Crippen molar-refractivity contribution in [2.75, 3.05) is 13.2 Å². The number of hydrogen-bond donors (Lipinski definition) is 1. The van der Waals surface area contributed by atoms with Gasteiger partial charge in [0.05, 0.1) is 23.8 Å². The zero-order valence-electron chi connectivity index (χ0n) is 17.6. The average Bonchev–Trinajstić information content (AvgIpc) is 2.95. The van der Waals surface area contributed by atoms with Crippen LogP contribution in [0.5, 0.6) is 0 Å². The Balaban J connectivity index is 2.51. The molecule has 0 bridgehead atoms. The van der Waals surface area contributed by atoms with Crippen molar-refractivity contribution in [2.24, 2.45) is 5.92 Å². The maximum Gasteiger partial charge on any atom is 0.339 e. The lowest BCUT2D eigenvalue weighted by Crippen LogP contribution is -2.45. The van der Waals surface area contributed by atoms with Gasteiger partial charge >= 0.3 is 11.9 Å². The predicted molar refractivity (Wildman–Crippen MR) is 113 cm³/mol. The normalized spacial score (nSPS) is 15.9. The van der Waals surface area contributed by atoms with Gasteiger partial charge in [0, 0.05) is 16.3 Å². The first-order valence-electron chi connectivity index (χ1n) is 9.71. The second kappa shape index (κ2) is 8.14. The van der Waals surface area contributed by atoms with Gasteiger partial charge < -0.3 is 19.2 Å². The second-order valence-corrected chi connectivity index (χ2v) is 8.32. The van der Waals surface area contributed by atoms with Gasteiger partial charge in [0.2, 0.25) is 5.43 Å². The molecule has 0 spiro atoms. The molecule has 0 fully saturated rings. The van der Waals surface area contributed by atoms with E-state index in [0.29, 0.717) is 5.02 Å². The molecule has 2 aromatic rings. The van der Waals surface area contributed by atoms with E-state index in [4.69, 9.17) is 25.5 Å². The van der Waals surface area contributed by atoms with Gasteiger partial charge in [-0.15, -0.1) is 0 Å². The summed E-state index contributed by atoms with van der Waals surface area (Å²) < 4.78 is 16.4. The molecule has 1 aromatic heterocycles. The van der Waals surface area contributed by atoms with Gasteiger partial charge in [0.25, 0.3) is 0 Å². The maximum absolute atomic E-state index is 13.4. The minimum Gasteiger partial charge on any atom is -0.465 e. The summed E-state index contributed by atoms with van der Waals surface area (Å²) in [6.45, 7) is 9.18. The zero-order chi connectivity index (χ0) is 22.2. The van der Waals surface area contributed by atoms with E-state index in [0.717, 1.165) is 0 Å². The molecule has 0 saturated carbocycles. The minimum absolute atomic E-state index is 0.0121. The van der Waals surface area contributed by atoms with Crippen molar-refractivity contribution in [2.45, 2.75) is 40.2 Å². The molecule has 1 aliphatic carbocycles. The molecule has 1 unspecified atom stereocenters. The number of benzene rings is 1. The van der Waals surface area contributed by atoms with Crippen molar-refractivity contribution >= 4 is 45.8 Å². The van der Waals surface area contributed by atoms with Gasteiger partial charge in [-0.1, -0.05) is 11.6 Å². The Morgan fingerprint density at radius 2 is 1.83 bits per heavy atom. The molecule has 160 valence electrons. The number of nitrogens with one attached hydrogen (secondary N) is 1. The number of halogens is 1. The van der Waals surface area contributed by atoms with Crippen molar-refractivity contribution in [1.82, 2.24) is 5.32 Å². The van der Waals surface area contributed by atoms with Crippen LogP contribution < -0.4 is 21.4 Å². The average molecular weight is 434 g/mol. The molecule has 7 nitrogen and oxygen atoms in total. The highest BCUT2D eigenvalue weighted by Gasteiger charge is 2.42. The van der Waals surface area contributed by atoms with Crippen molar-refractivity contribution in [3.63, 3.8) is 0 Å². The first-order chi connectivity index (χ1) is 14.1. The molecule has 0 aliphatic heterocycles. The van der Waals surface area contributed by atoms with Crippen LogP contribution in [0.1, 0.15) is 34.6 Å². The smallest absolute Gasteiger partial charge is 0.339 e. The molecule has 1 heterocycles. The second-order valence-electron chi connectivity index (χ2n) is 7.88. The molecule has 0 amide bonds. The Hall–Kier alpha value is -2.80. The summed E-state index contributed by atoms with van der Waals surface area (Å²) in [7, 11) is 0. The topological polar surface area (TPSA) is 94.8 Å². The summed E-state index contributed by atoms with van der Waals surface area (Å²) in [4.78, 5) is 39.2. The van der Waals surface area contributed by atoms with Gasteiger partial charge in [-0.05, 0) is 52.8 Å². The fourth-order valence-electron chi connectivity index (χ4n) is 3.44. The van der Waals surface area contributed by atoms with Gasteiger partial charge in [-0.2, -0.15) is 0 Å². The van der Waals surface area contributed by atoms with Crippen molar-refractivity contribution in [3.05, 3.63) is 44.1 Å². The molecule has 0 radical (unpaired) electrons. The van der Waals surface area contributed by atoms with Gasteiger partial charge in [0.15, 0.2) is 5.42 Å². The Morgan fingerprint density at radius 1 is 1.17 bits per heavy atom. The molecular weight excluding hydrogens is 410 g/mol. The van der Waals surface area contributed by atoms with Crippen LogP contribution >= 0.6 is 11.6 Å². The number of ether oxygens (including phenoxy) is 2. The summed E-state index contributed by atoms with van der Waals surface area (Å²) in [5.41, 5.74) is -0.436. The molecule has 1 aromatic carbocycles. The molecule has 0 saturated heterocycles. The van der Waals surface area contributed by atoms with Crippen LogP contribution in [0.2, 0.25) is 5.02 Å². The van der Waals surface area contributed by atoms with Gasteiger partial charge in [-0.3, -0.25) is 9.59 Å². The Bertz CT molecular complexity index is 1210. The van der Waals surface area contributed by atoms with Crippen LogP contribution in [0.3, 0.4) is 0 Å². The lowest BCUT2D eigenvalue weighted by molar-refractivity contribution is -0.146. The highest BCUT2D eigenvalue weighted by Crippen LogP contribution is 2.27. The van der Waals surface area contributed by atoms with Crippen LogP contribution in [0.4, 0.5) is 0 Å². The summed E-state index contributed by atoms with van der Waals surface area (Å²) in [5, 5.41) is 3.94. The Labute approximate surface area is 178 Å². The highest BCUT2D eigenvalue weighted by atomic mass is 35.5. The molecule has 8 heteroatoms. The van der Waals surface area contributed by atoms with Crippen LogP contribution in [0.15, 0.2) is 27.4 Å². The van der Waals surface area contributed by atoms with Crippen molar-refractivity contribution in [3.8, 4) is 0 Å². The first-order valence-corrected chi connectivity index (χ1v) is 10.1. The predicted octanol–water partition coefficient (Wildman–Crippen LogP) is 1.85. The van der Waals surface area contributed by atoms with E-state index in [1.165, 1.54) is 6.07 Å². The van der Waals surface area contributed by atoms with E-state index >= 15 is 0 Å². The summed E-state index contributed by atoms with van der Waals surface area (Å²) in [5.74, 6) is -2.57. The molecule has 1 atom stereocenters. The van der Waals surface area contributed by atoms with Crippen molar-refractivity contribution < 1.29 is 23.5 Å². The minimum atomic E-state index is -1.16. The SMILES string of the molecule is CCOC(=O)C1=c2oc3ccc(Cl)cc3c(=O)c2=C(NC(C)(C)C)C1C(=O)OCC. The molecule has 30 heavy (non-hydrogen) atoms. The number of fused-ring (bicyclic) bond motifs is 2. The van der Waals surface area contributed by atoms with E-state index in [-0.39, 0.29) is 46.1 Å². The standard InChI is InChI=1S/C22H24ClNO6/c1-6-28-20(26)14-15(21(27)29-7-2)19-16(17(14)24-22(3,4)5)18(25)12-10-11(23)8-9-13(12)30-19/h8-10,14,24H,6-7H2,1-5H3. The molecule has 1 N–H and O–H groups in total. The third kappa shape index (κ3) is 3.94. The maximum atomic E-state index is 13.4. The quantitative estimate of drug-likeness (QED) is 0.719. The zero-order valence-corrected chi connectivity index (χ0v) is 18.3. The summed E-state index contributed by atoms with van der Waals surface area (Å²) in [6.07, 6.45) is 0. The summed E-state index contributed by atoms with van der Waals surface area (Å²) >= 11 is 6.07. The number of carbonyl (C=O) groups is 2.